The number of piperidine rings is 1. The molecule has 0 aliphatic carbocycles. The first kappa shape index (κ1) is 28.0. The minimum absolute atomic E-state index is 0.0909. The molecule has 1 aromatic carbocycles. The molecule has 2 aromatic rings. The van der Waals surface area contributed by atoms with Gasteiger partial charge in [-0.3, -0.25) is 9.78 Å². The van der Waals surface area contributed by atoms with Crippen LogP contribution in [0.15, 0.2) is 36.5 Å². The highest BCUT2D eigenvalue weighted by molar-refractivity contribution is 5.99. The molecule has 0 N–H and O–H groups in total. The molecule has 38 heavy (non-hydrogen) atoms. The second-order valence-corrected chi connectivity index (χ2v) is 11.1. The minimum Gasteiger partial charge on any atom is -0.492 e. The topological polar surface area (TPSA) is 72.0 Å². The van der Waals surface area contributed by atoms with Crippen molar-refractivity contribution in [3.63, 3.8) is 0 Å². The lowest BCUT2D eigenvalue weighted by Gasteiger charge is -2.34. The van der Waals surface area contributed by atoms with Gasteiger partial charge in [0.15, 0.2) is 0 Å². The van der Waals surface area contributed by atoms with E-state index in [0.717, 1.165) is 25.9 Å². The molecular formula is C29H37F2N3O4. The van der Waals surface area contributed by atoms with Gasteiger partial charge in [0.25, 0.3) is 5.91 Å². The van der Waals surface area contributed by atoms with E-state index in [1.54, 1.807) is 45.2 Å². The zero-order chi connectivity index (χ0) is 27.5. The lowest BCUT2D eigenvalue weighted by Crippen LogP contribution is -2.51. The van der Waals surface area contributed by atoms with Crippen molar-refractivity contribution in [3.8, 4) is 17.0 Å². The Hall–Kier alpha value is -3.07. The molecule has 9 heteroatoms. The fourth-order valence-corrected chi connectivity index (χ4v) is 5.41. The number of likely N-dealkylation sites (tertiary alicyclic amines) is 2. The summed E-state index contributed by atoms with van der Waals surface area (Å²) in [6, 6.07) is 7.93. The van der Waals surface area contributed by atoms with Crippen LogP contribution in [0.2, 0.25) is 0 Å². The van der Waals surface area contributed by atoms with Crippen molar-refractivity contribution in [3.05, 3.63) is 47.9 Å². The average Bonchev–Trinajstić information content (AvgIpc) is 3.29. The first-order valence-corrected chi connectivity index (χ1v) is 13.2. The Morgan fingerprint density at radius 1 is 1.16 bits per heavy atom. The van der Waals surface area contributed by atoms with Crippen LogP contribution in [0.1, 0.15) is 56.8 Å². The van der Waals surface area contributed by atoms with Gasteiger partial charge in [-0.2, -0.15) is 0 Å². The van der Waals surface area contributed by atoms with E-state index in [0.29, 0.717) is 55.5 Å². The third-order valence-electron chi connectivity index (χ3n) is 7.54. The number of aromatic nitrogens is 1. The number of esters is 1. The number of pyridine rings is 1. The van der Waals surface area contributed by atoms with Crippen LogP contribution in [0.25, 0.3) is 11.3 Å². The van der Waals surface area contributed by atoms with Gasteiger partial charge in [0.2, 0.25) is 0 Å². The summed E-state index contributed by atoms with van der Waals surface area (Å²) >= 11 is 0. The van der Waals surface area contributed by atoms with Crippen LogP contribution in [-0.2, 0) is 9.53 Å². The lowest BCUT2D eigenvalue weighted by atomic mass is 9.97. The summed E-state index contributed by atoms with van der Waals surface area (Å²) in [6.45, 7) is 7.98. The van der Waals surface area contributed by atoms with Gasteiger partial charge in [0, 0.05) is 18.7 Å². The second-order valence-electron chi connectivity index (χ2n) is 11.1. The van der Waals surface area contributed by atoms with E-state index in [9.17, 15) is 14.0 Å². The van der Waals surface area contributed by atoms with Crippen LogP contribution in [0.4, 0.5) is 8.78 Å². The largest absolute Gasteiger partial charge is 0.492 e. The van der Waals surface area contributed by atoms with Gasteiger partial charge in [-0.15, -0.1) is 0 Å². The minimum atomic E-state index is -1.19. The molecule has 0 bridgehead atoms. The van der Waals surface area contributed by atoms with Crippen molar-refractivity contribution in [2.45, 2.75) is 57.7 Å². The van der Waals surface area contributed by atoms with Crippen LogP contribution in [-0.4, -0.2) is 77.8 Å². The van der Waals surface area contributed by atoms with Crippen LogP contribution < -0.4 is 4.74 Å². The summed E-state index contributed by atoms with van der Waals surface area (Å²) in [6.07, 6.45) is 4.65. The molecule has 0 spiro atoms. The number of benzene rings is 1. The Labute approximate surface area is 223 Å². The molecule has 3 heterocycles. The Kier molecular flexibility index (Phi) is 8.35. The second kappa shape index (κ2) is 11.4. The lowest BCUT2D eigenvalue weighted by molar-refractivity contribution is -0.151. The van der Waals surface area contributed by atoms with Gasteiger partial charge in [-0.25, -0.2) is 13.6 Å². The quantitative estimate of drug-likeness (QED) is 0.454. The summed E-state index contributed by atoms with van der Waals surface area (Å²) in [5.74, 6) is -0.668. The smallest absolute Gasteiger partial charge is 0.331 e. The van der Waals surface area contributed by atoms with Gasteiger partial charge in [0.05, 0.1) is 31.2 Å². The van der Waals surface area contributed by atoms with Crippen molar-refractivity contribution in [2.75, 3.05) is 39.9 Å². The number of methoxy groups -OCH3 is 1. The number of alkyl halides is 1. The Morgan fingerprint density at radius 3 is 2.50 bits per heavy atom. The number of carbonyl (C=O) groups is 2. The monoisotopic (exact) mass is 529 g/mol. The maximum Gasteiger partial charge on any atom is 0.331 e. The summed E-state index contributed by atoms with van der Waals surface area (Å²) in [4.78, 5) is 33.4. The van der Waals surface area contributed by atoms with Gasteiger partial charge in [-0.05, 0) is 89.7 Å². The molecule has 2 fully saturated rings. The van der Waals surface area contributed by atoms with E-state index >= 15 is 4.39 Å². The van der Waals surface area contributed by atoms with Gasteiger partial charge < -0.3 is 19.3 Å². The van der Waals surface area contributed by atoms with Crippen molar-refractivity contribution in [2.24, 2.45) is 5.92 Å². The number of ether oxygens (including phenoxy) is 2. The summed E-state index contributed by atoms with van der Waals surface area (Å²) in [7, 11) is 1.28. The molecule has 2 aliphatic heterocycles. The van der Waals surface area contributed by atoms with Crippen LogP contribution in [0.3, 0.4) is 0 Å². The van der Waals surface area contributed by atoms with E-state index in [4.69, 9.17) is 9.47 Å². The molecule has 1 amide bonds. The van der Waals surface area contributed by atoms with E-state index in [2.05, 4.69) is 9.88 Å². The number of halogens is 2. The molecule has 206 valence electrons. The SMILES string of the molecule is COC(=O)C1(C)CCCN1C(=O)c1ccc(-c2ccc(OCC3CCN(CC(C)(C)F)CC3)cn2)cc1F. The van der Waals surface area contributed by atoms with Crippen molar-refractivity contribution in [1.82, 2.24) is 14.8 Å². The molecule has 1 aromatic heterocycles. The zero-order valence-electron chi connectivity index (χ0n) is 22.6. The maximum absolute atomic E-state index is 15.1. The van der Waals surface area contributed by atoms with Gasteiger partial charge >= 0.3 is 5.97 Å². The fraction of sp³-hybridized carbons (Fsp3) is 0.552. The normalized spacial score (nSPS) is 20.9. The average molecular weight is 530 g/mol. The maximum atomic E-state index is 15.1. The van der Waals surface area contributed by atoms with Crippen LogP contribution in [0, 0.1) is 11.7 Å². The fourth-order valence-electron chi connectivity index (χ4n) is 5.41. The number of hydrogen-bond donors (Lipinski definition) is 0. The van der Waals surface area contributed by atoms with Crippen molar-refractivity contribution < 1.29 is 27.8 Å². The van der Waals surface area contributed by atoms with E-state index in [1.165, 1.54) is 24.1 Å². The van der Waals surface area contributed by atoms with Crippen molar-refractivity contribution in [1.29, 1.82) is 0 Å². The Bertz CT molecular complexity index is 1140. The number of carbonyl (C=O) groups excluding carboxylic acids is 2. The zero-order valence-corrected chi connectivity index (χ0v) is 22.6. The molecule has 0 saturated carbocycles. The number of amides is 1. The predicted octanol–water partition coefficient (Wildman–Crippen LogP) is 4.89. The highest BCUT2D eigenvalue weighted by Gasteiger charge is 2.47. The third kappa shape index (κ3) is 6.31. The first-order chi connectivity index (χ1) is 18.0. The third-order valence-corrected chi connectivity index (χ3v) is 7.54. The molecule has 2 aliphatic rings. The van der Waals surface area contributed by atoms with Crippen LogP contribution in [0.5, 0.6) is 5.75 Å². The van der Waals surface area contributed by atoms with E-state index in [-0.39, 0.29) is 5.56 Å². The molecule has 7 nitrogen and oxygen atoms in total. The molecule has 0 radical (unpaired) electrons. The van der Waals surface area contributed by atoms with Crippen LogP contribution >= 0.6 is 0 Å². The highest BCUT2D eigenvalue weighted by atomic mass is 19.1. The molecule has 1 unspecified atom stereocenters. The van der Waals surface area contributed by atoms with Gasteiger partial charge in [-0.1, -0.05) is 6.07 Å². The summed E-state index contributed by atoms with van der Waals surface area (Å²) in [5.41, 5.74) is -1.29. The van der Waals surface area contributed by atoms with E-state index < -0.39 is 28.9 Å². The first-order valence-electron chi connectivity index (χ1n) is 13.2. The Morgan fingerprint density at radius 2 is 1.89 bits per heavy atom. The van der Waals surface area contributed by atoms with E-state index in [1.807, 2.05) is 0 Å². The molecule has 4 rings (SSSR count). The number of rotatable bonds is 8. The molecular weight excluding hydrogens is 492 g/mol. The highest BCUT2D eigenvalue weighted by Crippen LogP contribution is 2.33. The Balaban J connectivity index is 1.35. The summed E-state index contributed by atoms with van der Waals surface area (Å²) < 4.78 is 39.8. The molecule has 1 atom stereocenters. The van der Waals surface area contributed by atoms with Crippen molar-refractivity contribution >= 4 is 11.9 Å². The standard InChI is InChI=1S/C29H37F2N3O4/c1-28(2,31)19-33-14-10-20(11-15-33)18-38-22-7-9-25(32-17-22)21-6-8-23(24(30)16-21)26(35)34-13-5-12-29(34,3)27(36)37-4/h6-9,16-17,20H,5,10-15,18-19H2,1-4H3. The predicted molar refractivity (Wildman–Crippen MR) is 140 cm³/mol. The number of nitrogens with zero attached hydrogens (tertiary/aromatic N) is 3. The van der Waals surface area contributed by atoms with Gasteiger partial charge in [0.1, 0.15) is 22.8 Å². The summed E-state index contributed by atoms with van der Waals surface area (Å²) in [5, 5.41) is 0. The number of hydrogen-bond acceptors (Lipinski definition) is 6. The molecule has 2 saturated heterocycles.